The fraction of sp³-hybridized carbons (Fsp3) is 0.467. The van der Waals surface area contributed by atoms with Crippen LogP contribution in [-0.4, -0.2) is 17.0 Å². The maximum absolute atomic E-state index is 12.1. The molecule has 0 fully saturated rings. The first-order chi connectivity index (χ1) is 9.65. The van der Waals surface area contributed by atoms with Crippen molar-refractivity contribution in [3.63, 3.8) is 0 Å². The highest BCUT2D eigenvalue weighted by molar-refractivity contribution is 7.10. The summed E-state index contributed by atoms with van der Waals surface area (Å²) in [5.74, 6) is -0.988. The minimum Gasteiger partial charge on any atom is -0.481 e. The highest BCUT2D eigenvalue weighted by Crippen LogP contribution is 2.24. The van der Waals surface area contributed by atoms with Gasteiger partial charge in [0.05, 0.1) is 12.5 Å². The maximum Gasteiger partial charge on any atom is 0.305 e. The topological polar surface area (TPSA) is 66.4 Å². The summed E-state index contributed by atoms with van der Waals surface area (Å²) in [5.41, 5.74) is 1.18. The summed E-state index contributed by atoms with van der Waals surface area (Å²) in [6.07, 6.45) is 6.82. The van der Waals surface area contributed by atoms with Crippen molar-refractivity contribution < 1.29 is 14.7 Å². The van der Waals surface area contributed by atoms with Crippen molar-refractivity contribution in [3.8, 4) is 0 Å². The number of hydrogen-bond acceptors (Lipinski definition) is 3. The van der Waals surface area contributed by atoms with Gasteiger partial charge >= 0.3 is 5.97 Å². The van der Waals surface area contributed by atoms with Gasteiger partial charge in [0.1, 0.15) is 0 Å². The van der Waals surface area contributed by atoms with Gasteiger partial charge in [-0.05, 0) is 37.1 Å². The van der Waals surface area contributed by atoms with Crippen LogP contribution in [0.15, 0.2) is 29.2 Å². The van der Waals surface area contributed by atoms with E-state index in [1.165, 1.54) is 23.3 Å². The minimum absolute atomic E-state index is 0.0781. The van der Waals surface area contributed by atoms with Crippen LogP contribution in [-0.2, 0) is 9.59 Å². The second-order valence-electron chi connectivity index (χ2n) is 5.02. The Morgan fingerprint density at radius 3 is 2.85 bits per heavy atom. The predicted molar refractivity (Wildman–Crippen MR) is 78.6 cm³/mol. The van der Waals surface area contributed by atoms with E-state index in [1.807, 2.05) is 17.5 Å². The van der Waals surface area contributed by atoms with Gasteiger partial charge in [-0.2, -0.15) is 0 Å². The van der Waals surface area contributed by atoms with Crippen LogP contribution in [0.25, 0.3) is 0 Å². The predicted octanol–water partition coefficient (Wildman–Crippen LogP) is 3.27. The van der Waals surface area contributed by atoms with E-state index in [0.29, 0.717) is 6.42 Å². The lowest BCUT2D eigenvalue weighted by Gasteiger charge is -2.17. The van der Waals surface area contributed by atoms with Crippen molar-refractivity contribution in [2.24, 2.45) is 0 Å². The molecular formula is C15H19NO3S. The molecule has 1 amide bonds. The Kier molecular flexibility index (Phi) is 5.35. The number of nitrogens with one attached hydrogen (secondary N) is 1. The molecule has 20 heavy (non-hydrogen) atoms. The summed E-state index contributed by atoms with van der Waals surface area (Å²) in [4.78, 5) is 23.9. The summed E-state index contributed by atoms with van der Waals surface area (Å²) in [7, 11) is 0. The van der Waals surface area contributed by atoms with Crippen molar-refractivity contribution >= 4 is 23.2 Å². The van der Waals surface area contributed by atoms with Crippen molar-refractivity contribution in [1.82, 2.24) is 5.32 Å². The third-order valence-corrected chi connectivity index (χ3v) is 4.36. The molecule has 1 heterocycles. The molecule has 1 aromatic heterocycles. The summed E-state index contributed by atoms with van der Waals surface area (Å²) >= 11 is 1.47. The average molecular weight is 293 g/mol. The third-order valence-electron chi connectivity index (χ3n) is 3.37. The van der Waals surface area contributed by atoms with E-state index in [4.69, 9.17) is 5.11 Å². The van der Waals surface area contributed by atoms with E-state index in [-0.39, 0.29) is 12.3 Å². The van der Waals surface area contributed by atoms with Gasteiger partial charge in [-0.15, -0.1) is 11.3 Å². The van der Waals surface area contributed by atoms with Crippen molar-refractivity contribution in [2.45, 2.75) is 44.6 Å². The normalized spacial score (nSPS) is 16.3. The van der Waals surface area contributed by atoms with Crippen LogP contribution in [0.3, 0.4) is 0 Å². The van der Waals surface area contributed by atoms with Crippen molar-refractivity contribution in [1.29, 1.82) is 0 Å². The fourth-order valence-corrected chi connectivity index (χ4v) is 3.18. The molecule has 1 aliphatic rings. The van der Waals surface area contributed by atoms with Gasteiger partial charge in [-0.25, -0.2) is 0 Å². The Hall–Kier alpha value is -1.62. The van der Waals surface area contributed by atoms with Crippen LogP contribution in [0.1, 0.15) is 49.4 Å². The van der Waals surface area contributed by atoms with Gasteiger partial charge in [0.15, 0.2) is 0 Å². The maximum atomic E-state index is 12.1. The zero-order valence-electron chi connectivity index (χ0n) is 11.3. The molecule has 0 bridgehead atoms. The Morgan fingerprint density at radius 1 is 1.40 bits per heavy atom. The monoisotopic (exact) mass is 293 g/mol. The van der Waals surface area contributed by atoms with Crippen LogP contribution in [0, 0.1) is 0 Å². The van der Waals surface area contributed by atoms with Gasteiger partial charge in [-0.1, -0.05) is 17.7 Å². The molecule has 5 heteroatoms. The first kappa shape index (κ1) is 14.8. The van der Waals surface area contributed by atoms with Gasteiger partial charge in [0.2, 0.25) is 5.91 Å². The summed E-state index contributed by atoms with van der Waals surface area (Å²) in [6, 6.07) is 3.30. The first-order valence-electron chi connectivity index (χ1n) is 6.87. The standard InChI is InChI=1S/C15H19NO3S/c17-14(9-11-5-2-1-3-6-11)16-12(10-15(18)19)13-7-4-8-20-13/h4-5,7-8,12H,1-3,6,9-10H2,(H,16,17)(H,18,19)/t12-/m1/s1. The van der Waals surface area contributed by atoms with E-state index in [0.717, 1.165) is 24.1 Å². The molecule has 0 saturated carbocycles. The zero-order valence-corrected chi connectivity index (χ0v) is 12.1. The number of carbonyl (C=O) groups is 2. The number of carboxylic acid groups (broad SMARTS) is 1. The van der Waals surface area contributed by atoms with Gasteiger partial charge in [0.25, 0.3) is 0 Å². The zero-order chi connectivity index (χ0) is 14.4. The molecule has 0 unspecified atom stereocenters. The Morgan fingerprint density at radius 2 is 2.25 bits per heavy atom. The van der Waals surface area contributed by atoms with E-state index < -0.39 is 12.0 Å². The summed E-state index contributed by atoms with van der Waals surface area (Å²) < 4.78 is 0. The van der Waals surface area contributed by atoms with E-state index in [1.54, 1.807) is 0 Å². The van der Waals surface area contributed by atoms with Crippen molar-refractivity contribution in [3.05, 3.63) is 34.0 Å². The van der Waals surface area contributed by atoms with Gasteiger partial charge < -0.3 is 10.4 Å². The number of thiophene rings is 1. The lowest BCUT2D eigenvalue weighted by molar-refractivity contribution is -0.137. The Bertz CT molecular complexity index is 493. The SMILES string of the molecule is O=C(O)C[C@@H](NC(=O)CC1=CCCCC1)c1cccs1. The first-order valence-corrected chi connectivity index (χ1v) is 7.75. The van der Waals surface area contributed by atoms with Crippen LogP contribution in [0.4, 0.5) is 0 Å². The van der Waals surface area contributed by atoms with Crippen molar-refractivity contribution in [2.75, 3.05) is 0 Å². The highest BCUT2D eigenvalue weighted by atomic mass is 32.1. The van der Waals surface area contributed by atoms with E-state index in [9.17, 15) is 9.59 Å². The lowest BCUT2D eigenvalue weighted by Crippen LogP contribution is -2.29. The summed E-state index contributed by atoms with van der Waals surface area (Å²) in [6.45, 7) is 0. The van der Waals surface area contributed by atoms with E-state index in [2.05, 4.69) is 11.4 Å². The summed E-state index contributed by atoms with van der Waals surface area (Å²) in [5, 5.41) is 13.7. The Balaban J connectivity index is 1.94. The second-order valence-corrected chi connectivity index (χ2v) is 6.00. The van der Waals surface area contributed by atoms with Crippen LogP contribution < -0.4 is 5.32 Å². The largest absolute Gasteiger partial charge is 0.481 e. The molecule has 1 aliphatic carbocycles. The van der Waals surface area contributed by atoms with Crippen LogP contribution in [0.2, 0.25) is 0 Å². The highest BCUT2D eigenvalue weighted by Gasteiger charge is 2.19. The number of carbonyl (C=O) groups excluding carboxylic acids is 1. The van der Waals surface area contributed by atoms with Gasteiger partial charge in [-0.3, -0.25) is 9.59 Å². The number of aliphatic carboxylic acids is 1. The quantitative estimate of drug-likeness (QED) is 0.791. The molecule has 108 valence electrons. The molecular weight excluding hydrogens is 274 g/mol. The molecule has 0 aromatic carbocycles. The Labute approximate surface area is 122 Å². The molecule has 0 spiro atoms. The molecule has 0 aliphatic heterocycles. The third kappa shape index (κ3) is 4.49. The molecule has 4 nitrogen and oxygen atoms in total. The van der Waals surface area contributed by atoms with E-state index >= 15 is 0 Å². The number of amides is 1. The molecule has 1 atom stereocenters. The van der Waals surface area contributed by atoms with Crippen LogP contribution in [0.5, 0.6) is 0 Å². The molecule has 0 radical (unpaired) electrons. The molecule has 2 N–H and O–H groups in total. The number of carboxylic acids is 1. The number of rotatable bonds is 6. The van der Waals surface area contributed by atoms with Gasteiger partial charge in [0, 0.05) is 11.3 Å². The molecule has 2 rings (SSSR count). The molecule has 1 aromatic rings. The number of hydrogen-bond donors (Lipinski definition) is 2. The number of allylic oxidation sites excluding steroid dienone is 1. The second kappa shape index (κ2) is 7.24. The molecule has 0 saturated heterocycles. The minimum atomic E-state index is -0.902. The smallest absolute Gasteiger partial charge is 0.305 e. The average Bonchev–Trinajstić information content (AvgIpc) is 2.92. The fourth-order valence-electron chi connectivity index (χ4n) is 2.40. The van der Waals surface area contributed by atoms with Crippen LogP contribution >= 0.6 is 11.3 Å². The lowest BCUT2D eigenvalue weighted by atomic mass is 9.97.